The summed E-state index contributed by atoms with van der Waals surface area (Å²) in [6.07, 6.45) is -0.548. The molecule has 20 heavy (non-hydrogen) atoms. The average Bonchev–Trinajstić information content (AvgIpc) is 2.44. The number of ether oxygens (including phenoxy) is 1. The van der Waals surface area contributed by atoms with Crippen molar-refractivity contribution in [3.8, 4) is 17.6 Å². The quantitative estimate of drug-likeness (QED) is 0.862. The Bertz CT molecular complexity index is 619. The van der Waals surface area contributed by atoms with Crippen molar-refractivity contribution in [2.24, 2.45) is 0 Å². The number of aryl methyl sites for hydroxylation is 1. The summed E-state index contributed by atoms with van der Waals surface area (Å²) in [5, 5.41) is 9.71. The third-order valence-corrected chi connectivity index (χ3v) is 2.93. The molecule has 0 aliphatic carbocycles. The Morgan fingerprint density at radius 1 is 1.15 bits per heavy atom. The van der Waals surface area contributed by atoms with Gasteiger partial charge in [-0.15, -0.1) is 0 Å². The van der Waals surface area contributed by atoms with Gasteiger partial charge in [-0.1, -0.05) is 42.2 Å². The maximum absolute atomic E-state index is 9.71. The van der Waals surface area contributed by atoms with E-state index in [1.54, 1.807) is 6.92 Å². The van der Waals surface area contributed by atoms with Gasteiger partial charge < -0.3 is 9.84 Å². The highest BCUT2D eigenvalue weighted by atomic mass is 16.5. The number of aliphatic hydroxyl groups excluding tert-OH is 1. The van der Waals surface area contributed by atoms with E-state index in [-0.39, 0.29) is 0 Å². The molecule has 0 aromatic heterocycles. The first-order chi connectivity index (χ1) is 9.66. The van der Waals surface area contributed by atoms with Gasteiger partial charge in [-0.2, -0.15) is 0 Å². The van der Waals surface area contributed by atoms with Gasteiger partial charge in [0.15, 0.2) is 0 Å². The minimum absolute atomic E-state index is 0.304. The molecule has 0 saturated heterocycles. The zero-order valence-electron chi connectivity index (χ0n) is 11.8. The maximum Gasteiger partial charge on any atom is 0.149 e. The van der Waals surface area contributed by atoms with Crippen molar-refractivity contribution in [1.82, 2.24) is 0 Å². The van der Waals surface area contributed by atoms with E-state index in [1.165, 1.54) is 0 Å². The molecular formula is C18H18O2. The number of hydrogen-bond acceptors (Lipinski definition) is 2. The molecule has 0 bridgehead atoms. The Morgan fingerprint density at radius 2 is 1.90 bits per heavy atom. The van der Waals surface area contributed by atoms with E-state index in [4.69, 9.17) is 4.74 Å². The van der Waals surface area contributed by atoms with Crippen LogP contribution in [0.5, 0.6) is 5.75 Å². The van der Waals surface area contributed by atoms with Crippen molar-refractivity contribution >= 4 is 0 Å². The first kappa shape index (κ1) is 14.2. The molecule has 0 fully saturated rings. The van der Waals surface area contributed by atoms with E-state index in [9.17, 15) is 5.11 Å². The van der Waals surface area contributed by atoms with E-state index in [0.29, 0.717) is 12.4 Å². The molecule has 0 spiro atoms. The zero-order chi connectivity index (χ0) is 14.4. The second kappa shape index (κ2) is 6.79. The van der Waals surface area contributed by atoms with Gasteiger partial charge in [-0.3, -0.25) is 0 Å². The minimum Gasteiger partial charge on any atom is -0.481 e. The minimum atomic E-state index is -0.548. The molecule has 1 N–H and O–H groups in total. The van der Waals surface area contributed by atoms with E-state index in [0.717, 1.165) is 16.7 Å². The monoisotopic (exact) mass is 266 g/mol. The fourth-order valence-electron chi connectivity index (χ4n) is 1.89. The molecular weight excluding hydrogens is 248 g/mol. The maximum atomic E-state index is 9.71. The smallest absolute Gasteiger partial charge is 0.149 e. The Kier molecular flexibility index (Phi) is 4.81. The van der Waals surface area contributed by atoms with Crippen molar-refractivity contribution in [2.75, 3.05) is 6.61 Å². The molecule has 2 heteroatoms. The van der Waals surface area contributed by atoms with E-state index < -0.39 is 6.10 Å². The third-order valence-electron chi connectivity index (χ3n) is 2.93. The summed E-state index contributed by atoms with van der Waals surface area (Å²) in [7, 11) is 0. The van der Waals surface area contributed by atoms with E-state index in [2.05, 4.69) is 11.8 Å². The van der Waals surface area contributed by atoms with Crippen molar-refractivity contribution in [1.29, 1.82) is 0 Å². The second-order valence-electron chi connectivity index (χ2n) is 4.67. The average molecular weight is 266 g/mol. The molecule has 0 unspecified atom stereocenters. The van der Waals surface area contributed by atoms with Crippen molar-refractivity contribution < 1.29 is 9.84 Å². The summed E-state index contributed by atoms with van der Waals surface area (Å²) in [6, 6.07) is 15.6. The van der Waals surface area contributed by atoms with Crippen molar-refractivity contribution in [3.05, 3.63) is 65.2 Å². The molecule has 0 amide bonds. The van der Waals surface area contributed by atoms with Gasteiger partial charge in [-0.05, 0) is 37.6 Å². The van der Waals surface area contributed by atoms with Crippen LogP contribution in [0.2, 0.25) is 0 Å². The van der Waals surface area contributed by atoms with Gasteiger partial charge in [0.1, 0.15) is 12.4 Å². The summed E-state index contributed by atoms with van der Waals surface area (Å²) < 4.78 is 5.67. The van der Waals surface area contributed by atoms with Gasteiger partial charge >= 0.3 is 0 Å². The molecule has 2 aromatic rings. The van der Waals surface area contributed by atoms with Crippen LogP contribution in [0.25, 0.3) is 0 Å². The standard InChI is InChI=1S/C18H18O2/c1-14-10-11-17(15(2)19)18(13-14)20-12-6-9-16-7-4-3-5-8-16/h3-5,7-8,10-11,13,15,19H,12H2,1-2H3/t15-/m0/s1. The summed E-state index contributed by atoms with van der Waals surface area (Å²) in [4.78, 5) is 0. The van der Waals surface area contributed by atoms with E-state index >= 15 is 0 Å². The summed E-state index contributed by atoms with van der Waals surface area (Å²) in [5.41, 5.74) is 2.86. The molecule has 0 saturated carbocycles. The van der Waals surface area contributed by atoms with Gasteiger partial charge in [0.2, 0.25) is 0 Å². The lowest BCUT2D eigenvalue weighted by Gasteiger charge is -2.12. The highest BCUT2D eigenvalue weighted by Gasteiger charge is 2.08. The van der Waals surface area contributed by atoms with Crippen LogP contribution < -0.4 is 4.74 Å². The van der Waals surface area contributed by atoms with Crippen LogP contribution >= 0.6 is 0 Å². The summed E-state index contributed by atoms with van der Waals surface area (Å²) >= 11 is 0. The predicted octanol–water partition coefficient (Wildman–Crippen LogP) is 3.48. The fourth-order valence-corrected chi connectivity index (χ4v) is 1.89. The summed E-state index contributed by atoms with van der Waals surface area (Å²) in [6.45, 7) is 4.03. The first-order valence-electron chi connectivity index (χ1n) is 6.62. The van der Waals surface area contributed by atoms with Crippen molar-refractivity contribution in [3.63, 3.8) is 0 Å². The van der Waals surface area contributed by atoms with Crippen LogP contribution in [0.1, 0.15) is 29.7 Å². The highest BCUT2D eigenvalue weighted by Crippen LogP contribution is 2.26. The van der Waals surface area contributed by atoms with Crippen LogP contribution in [0.3, 0.4) is 0 Å². The van der Waals surface area contributed by atoms with Gasteiger partial charge in [0.25, 0.3) is 0 Å². The van der Waals surface area contributed by atoms with E-state index in [1.807, 2.05) is 55.5 Å². The highest BCUT2D eigenvalue weighted by molar-refractivity contribution is 5.39. The lowest BCUT2D eigenvalue weighted by atomic mass is 10.1. The molecule has 1 atom stereocenters. The topological polar surface area (TPSA) is 29.5 Å². The molecule has 0 aliphatic rings. The normalized spacial score (nSPS) is 11.3. The second-order valence-corrected chi connectivity index (χ2v) is 4.67. The van der Waals surface area contributed by atoms with Crippen LogP contribution in [0.15, 0.2) is 48.5 Å². The first-order valence-corrected chi connectivity index (χ1v) is 6.62. The van der Waals surface area contributed by atoms with Gasteiger partial charge in [0, 0.05) is 11.1 Å². The molecule has 2 aromatic carbocycles. The fraction of sp³-hybridized carbons (Fsp3) is 0.222. The van der Waals surface area contributed by atoms with Crippen molar-refractivity contribution in [2.45, 2.75) is 20.0 Å². The molecule has 102 valence electrons. The molecule has 2 nitrogen and oxygen atoms in total. The number of benzene rings is 2. The Hall–Kier alpha value is -2.24. The SMILES string of the molecule is Cc1ccc([C@H](C)O)c(OCC#Cc2ccccc2)c1. The number of hydrogen-bond donors (Lipinski definition) is 1. The largest absolute Gasteiger partial charge is 0.481 e. The van der Waals surface area contributed by atoms with Crippen LogP contribution in [0.4, 0.5) is 0 Å². The van der Waals surface area contributed by atoms with Gasteiger partial charge in [0.05, 0.1) is 6.10 Å². The predicted molar refractivity (Wildman–Crippen MR) is 80.6 cm³/mol. The number of aliphatic hydroxyl groups is 1. The Morgan fingerprint density at radius 3 is 2.60 bits per heavy atom. The molecule has 2 rings (SSSR count). The Labute approximate surface area is 120 Å². The third kappa shape index (κ3) is 3.88. The van der Waals surface area contributed by atoms with Crippen LogP contribution in [-0.4, -0.2) is 11.7 Å². The lowest BCUT2D eigenvalue weighted by molar-refractivity contribution is 0.193. The Balaban J connectivity index is 2.05. The number of rotatable bonds is 3. The molecule has 0 radical (unpaired) electrons. The van der Waals surface area contributed by atoms with Crippen LogP contribution in [0, 0.1) is 18.8 Å². The van der Waals surface area contributed by atoms with Gasteiger partial charge in [-0.25, -0.2) is 0 Å². The summed E-state index contributed by atoms with van der Waals surface area (Å²) in [5.74, 6) is 6.72. The molecule has 0 heterocycles. The lowest BCUT2D eigenvalue weighted by Crippen LogP contribution is -2.01. The zero-order valence-corrected chi connectivity index (χ0v) is 11.8. The molecule has 0 aliphatic heterocycles. The van der Waals surface area contributed by atoms with Crippen LogP contribution in [-0.2, 0) is 0 Å².